The van der Waals surface area contributed by atoms with E-state index >= 15 is 0 Å². The minimum absolute atomic E-state index is 0.323. The zero-order valence-electron chi connectivity index (χ0n) is 10.3. The first-order chi connectivity index (χ1) is 9.34. The molecule has 0 saturated heterocycles. The van der Waals surface area contributed by atoms with Crippen molar-refractivity contribution in [2.24, 2.45) is 0 Å². The fourth-order valence-corrected chi connectivity index (χ4v) is 2.07. The van der Waals surface area contributed by atoms with Crippen molar-refractivity contribution in [1.29, 1.82) is 0 Å². The zero-order chi connectivity index (χ0) is 13.1. The largest absolute Gasteiger partial charge is 0.507 e. The number of aromatic nitrogens is 1. The number of benzene rings is 2. The van der Waals surface area contributed by atoms with Crippen LogP contribution in [-0.2, 0) is 0 Å². The van der Waals surface area contributed by atoms with Crippen LogP contribution in [0.15, 0.2) is 60.9 Å². The van der Waals surface area contributed by atoms with Crippen LogP contribution < -0.4 is 0 Å². The molecule has 2 heteroatoms. The van der Waals surface area contributed by atoms with Crippen LogP contribution in [-0.4, -0.2) is 10.1 Å². The molecule has 0 saturated carbocycles. The fraction of sp³-hybridized carbons (Fsp3) is 0. The van der Waals surface area contributed by atoms with Crippen LogP contribution in [0.1, 0.15) is 11.1 Å². The molecule has 3 rings (SSSR count). The molecule has 0 unspecified atom stereocenters. The average molecular weight is 247 g/mol. The van der Waals surface area contributed by atoms with E-state index in [1.165, 1.54) is 0 Å². The molecule has 1 N–H and O–H groups in total. The van der Waals surface area contributed by atoms with E-state index in [4.69, 9.17) is 0 Å². The molecule has 0 aliphatic rings. The molecule has 0 radical (unpaired) electrons. The summed E-state index contributed by atoms with van der Waals surface area (Å²) in [5.41, 5.74) is 1.87. The number of nitrogens with zero attached hydrogens (tertiary/aromatic N) is 1. The van der Waals surface area contributed by atoms with Crippen molar-refractivity contribution < 1.29 is 5.11 Å². The minimum atomic E-state index is 0.323. The third-order valence-electron chi connectivity index (χ3n) is 3.09. The number of hydrogen-bond donors (Lipinski definition) is 1. The molecule has 3 aromatic rings. The molecule has 1 heterocycles. The van der Waals surface area contributed by atoms with Crippen molar-refractivity contribution in [2.45, 2.75) is 0 Å². The van der Waals surface area contributed by atoms with Gasteiger partial charge in [-0.25, -0.2) is 0 Å². The lowest BCUT2D eigenvalue weighted by Gasteiger charge is -2.04. The van der Waals surface area contributed by atoms with E-state index in [0.29, 0.717) is 5.75 Å². The Labute approximate surface area is 111 Å². The van der Waals surface area contributed by atoms with Gasteiger partial charge in [-0.1, -0.05) is 48.6 Å². The number of phenols is 1. The molecule has 92 valence electrons. The summed E-state index contributed by atoms with van der Waals surface area (Å²) in [5.74, 6) is 0.323. The molecule has 0 fully saturated rings. The Balaban J connectivity index is 2.02. The number of pyridine rings is 1. The van der Waals surface area contributed by atoms with Gasteiger partial charge < -0.3 is 5.11 Å². The van der Waals surface area contributed by atoms with Gasteiger partial charge in [0.2, 0.25) is 0 Å². The third-order valence-corrected chi connectivity index (χ3v) is 3.09. The molecule has 0 bridgehead atoms. The number of fused-ring (bicyclic) bond motifs is 1. The van der Waals surface area contributed by atoms with Gasteiger partial charge in [0.05, 0.1) is 0 Å². The first-order valence-electron chi connectivity index (χ1n) is 6.13. The maximum Gasteiger partial charge on any atom is 0.130 e. The summed E-state index contributed by atoms with van der Waals surface area (Å²) >= 11 is 0. The van der Waals surface area contributed by atoms with Crippen LogP contribution in [0.4, 0.5) is 0 Å². The van der Waals surface area contributed by atoms with Gasteiger partial charge in [-0.3, -0.25) is 4.98 Å². The van der Waals surface area contributed by atoms with Crippen LogP contribution in [0.5, 0.6) is 5.75 Å². The van der Waals surface area contributed by atoms with Gasteiger partial charge in [0, 0.05) is 23.3 Å². The molecule has 0 atom stereocenters. The van der Waals surface area contributed by atoms with Crippen LogP contribution in [0.3, 0.4) is 0 Å². The van der Waals surface area contributed by atoms with Gasteiger partial charge in [0.25, 0.3) is 0 Å². The van der Waals surface area contributed by atoms with Crippen molar-refractivity contribution in [3.63, 3.8) is 0 Å². The maximum atomic E-state index is 10.3. The minimum Gasteiger partial charge on any atom is -0.507 e. The summed E-state index contributed by atoms with van der Waals surface area (Å²) < 4.78 is 0. The standard InChI is InChI=1S/C17H13NO/c19-17-15(6-5-13-9-11-18-12-10-13)8-7-14-3-1-2-4-16(14)17/h1-12,19H/b6-5+. The van der Waals surface area contributed by atoms with Crippen molar-refractivity contribution >= 4 is 22.9 Å². The Bertz CT molecular complexity index is 733. The second-order valence-corrected chi connectivity index (χ2v) is 4.34. The van der Waals surface area contributed by atoms with Crippen molar-refractivity contribution in [1.82, 2.24) is 4.98 Å². The van der Waals surface area contributed by atoms with E-state index in [1.807, 2.05) is 60.7 Å². The summed E-state index contributed by atoms with van der Waals surface area (Å²) in [6.45, 7) is 0. The number of aromatic hydroxyl groups is 1. The van der Waals surface area contributed by atoms with Gasteiger partial charge >= 0.3 is 0 Å². The van der Waals surface area contributed by atoms with Gasteiger partial charge in [0.15, 0.2) is 0 Å². The predicted octanol–water partition coefficient (Wildman–Crippen LogP) is 4.11. The molecule has 2 aromatic carbocycles. The molecule has 0 aliphatic carbocycles. The smallest absolute Gasteiger partial charge is 0.130 e. The third kappa shape index (κ3) is 2.33. The molecule has 0 aliphatic heterocycles. The van der Waals surface area contributed by atoms with Crippen molar-refractivity contribution in [2.75, 3.05) is 0 Å². The van der Waals surface area contributed by atoms with E-state index in [0.717, 1.165) is 21.9 Å². The number of rotatable bonds is 2. The first-order valence-corrected chi connectivity index (χ1v) is 6.13. The molecular formula is C17H13NO. The summed E-state index contributed by atoms with van der Waals surface area (Å²) in [5, 5.41) is 12.2. The Morgan fingerprint density at radius 2 is 1.63 bits per heavy atom. The second kappa shape index (κ2) is 4.94. The summed E-state index contributed by atoms with van der Waals surface area (Å²) in [4.78, 5) is 3.98. The van der Waals surface area contributed by atoms with E-state index in [9.17, 15) is 5.11 Å². The summed E-state index contributed by atoms with van der Waals surface area (Å²) in [6, 6.07) is 15.6. The highest BCUT2D eigenvalue weighted by molar-refractivity contribution is 5.92. The topological polar surface area (TPSA) is 33.1 Å². The summed E-state index contributed by atoms with van der Waals surface area (Å²) in [7, 11) is 0. The molecular weight excluding hydrogens is 234 g/mol. The van der Waals surface area contributed by atoms with E-state index in [2.05, 4.69) is 4.98 Å². The Morgan fingerprint density at radius 3 is 2.47 bits per heavy atom. The monoisotopic (exact) mass is 247 g/mol. The second-order valence-electron chi connectivity index (χ2n) is 4.34. The Kier molecular flexibility index (Phi) is 2.99. The Hall–Kier alpha value is -2.61. The maximum absolute atomic E-state index is 10.3. The van der Waals surface area contributed by atoms with Gasteiger partial charge in [0.1, 0.15) is 5.75 Å². The molecule has 2 nitrogen and oxygen atoms in total. The van der Waals surface area contributed by atoms with Crippen molar-refractivity contribution in [3.8, 4) is 5.75 Å². The molecule has 1 aromatic heterocycles. The van der Waals surface area contributed by atoms with Crippen LogP contribution in [0, 0.1) is 0 Å². The lowest BCUT2D eigenvalue weighted by atomic mass is 10.0. The molecule has 0 amide bonds. The number of hydrogen-bond acceptors (Lipinski definition) is 2. The van der Waals surface area contributed by atoms with Crippen LogP contribution in [0.25, 0.3) is 22.9 Å². The lowest BCUT2D eigenvalue weighted by molar-refractivity contribution is 0.480. The first kappa shape index (κ1) is 11.5. The SMILES string of the molecule is Oc1c(/C=C/c2ccncc2)ccc2ccccc12. The van der Waals surface area contributed by atoms with E-state index < -0.39 is 0 Å². The normalized spacial score (nSPS) is 11.2. The zero-order valence-corrected chi connectivity index (χ0v) is 10.3. The molecule has 19 heavy (non-hydrogen) atoms. The predicted molar refractivity (Wildman–Crippen MR) is 78.8 cm³/mol. The van der Waals surface area contributed by atoms with Crippen LogP contribution in [0.2, 0.25) is 0 Å². The van der Waals surface area contributed by atoms with Gasteiger partial charge in [-0.2, -0.15) is 0 Å². The van der Waals surface area contributed by atoms with Gasteiger partial charge in [-0.15, -0.1) is 0 Å². The number of phenolic OH excluding ortho intramolecular Hbond substituents is 1. The quantitative estimate of drug-likeness (QED) is 0.739. The highest BCUT2D eigenvalue weighted by Gasteiger charge is 2.02. The average Bonchev–Trinajstić information content (AvgIpc) is 2.48. The summed E-state index contributed by atoms with van der Waals surface area (Å²) in [6.07, 6.45) is 7.38. The highest BCUT2D eigenvalue weighted by atomic mass is 16.3. The van der Waals surface area contributed by atoms with E-state index in [1.54, 1.807) is 12.4 Å². The van der Waals surface area contributed by atoms with Crippen molar-refractivity contribution in [3.05, 3.63) is 72.1 Å². The Morgan fingerprint density at radius 1 is 0.842 bits per heavy atom. The molecule has 0 spiro atoms. The van der Waals surface area contributed by atoms with E-state index in [-0.39, 0.29) is 0 Å². The van der Waals surface area contributed by atoms with Gasteiger partial charge in [-0.05, 0) is 23.1 Å². The fourth-order valence-electron chi connectivity index (χ4n) is 2.07. The lowest BCUT2D eigenvalue weighted by Crippen LogP contribution is -1.79. The highest BCUT2D eigenvalue weighted by Crippen LogP contribution is 2.29. The van der Waals surface area contributed by atoms with Crippen LogP contribution >= 0.6 is 0 Å².